The average molecular weight is 1050 g/mol. The SMILES string of the molecule is CC[C@H]1OC(=O)[C@H](C)[C@@H](O[C@H]2C[C@@](C)(OC)C[C@H](C)O2)[C@H](C)[C@@H](O[C@H]2C[C@@H](N(C)CCc3cn(C(CF)[C@H](OC)c4ccc(CC(=O)N(C)C)cc4)nn3)C[C@@H](C)O2)[C@](C)(OC)C[C@@H](C)C(=O)[C@H](C)[C@@H](O)[C@]1(C)O. The standard InChI is InChI=1S/C55H90FN5O13/c1-17-43-55(10,66)50(64)35(5)47(63)32(2)27-54(9,69-16)51(36(6)48(37(7)52(65)72-43)73-46-29-53(8,68-15)28-34(4)71-46)74-45-26-41(24-33(3)70-45)60(13)23-22-40-31-61(58-57-40)42(30-56)49(67-14)39-20-18-38(19-21-39)25-44(62)59(11)12/h18-21,31-37,41-43,45-46,48-51,64,66H,17,22-30H2,1-16H3/t32-,33-,34+,35+,36+,37-,41+,42?,43-,45+,46+,48+,49-,50-,51-,53+,54-,55-/m1/s1. The zero-order valence-electron chi connectivity index (χ0n) is 47.1. The second kappa shape index (κ2) is 26.2. The van der Waals surface area contributed by atoms with E-state index in [0.717, 1.165) is 11.1 Å². The zero-order valence-corrected chi connectivity index (χ0v) is 47.1. The average Bonchev–Trinajstić information content (AvgIpc) is 3.84. The molecule has 1 unspecified atom stereocenters. The fraction of sp³-hybridized carbons (Fsp3) is 0.800. The van der Waals surface area contributed by atoms with Crippen LogP contribution in [0.2, 0.25) is 0 Å². The molecule has 2 N–H and O–H groups in total. The summed E-state index contributed by atoms with van der Waals surface area (Å²) in [6, 6.07) is 6.62. The summed E-state index contributed by atoms with van der Waals surface area (Å²) < 4.78 is 67.8. The van der Waals surface area contributed by atoms with Gasteiger partial charge in [-0.2, -0.15) is 0 Å². The van der Waals surface area contributed by atoms with Gasteiger partial charge in [0.1, 0.15) is 36.3 Å². The van der Waals surface area contributed by atoms with Crippen LogP contribution in [-0.4, -0.2) is 180 Å². The number of hydrogen-bond donors (Lipinski definition) is 2. The van der Waals surface area contributed by atoms with Gasteiger partial charge in [0, 0.05) is 97.6 Å². The summed E-state index contributed by atoms with van der Waals surface area (Å²) in [5.41, 5.74) is -1.45. The number of aliphatic hydroxyl groups is 2. The number of methoxy groups -OCH3 is 3. The highest BCUT2D eigenvalue weighted by atomic mass is 19.1. The van der Waals surface area contributed by atoms with Crippen LogP contribution in [0.3, 0.4) is 0 Å². The number of esters is 1. The number of cyclic esters (lactones) is 1. The van der Waals surface area contributed by atoms with E-state index < -0.39 is 102 Å². The Hall–Kier alpha value is -3.50. The smallest absolute Gasteiger partial charge is 0.311 e. The van der Waals surface area contributed by atoms with E-state index in [1.807, 2.05) is 65.9 Å². The Labute approximate surface area is 439 Å². The zero-order chi connectivity index (χ0) is 55.0. The summed E-state index contributed by atoms with van der Waals surface area (Å²) in [6.07, 6.45) is -2.10. The first-order valence-corrected chi connectivity index (χ1v) is 26.6. The minimum absolute atomic E-state index is 0.0136. The summed E-state index contributed by atoms with van der Waals surface area (Å²) in [6.45, 7) is 17.9. The monoisotopic (exact) mass is 1050 g/mol. The lowest BCUT2D eigenvalue weighted by atomic mass is 9.74. The highest BCUT2D eigenvalue weighted by Gasteiger charge is 2.52. The predicted octanol–water partition coefficient (Wildman–Crippen LogP) is 6.23. The molecule has 1 aromatic heterocycles. The first-order valence-electron chi connectivity index (χ1n) is 26.6. The maximum Gasteiger partial charge on any atom is 0.311 e. The maximum absolute atomic E-state index is 14.9. The Morgan fingerprint density at radius 2 is 1.57 bits per heavy atom. The molecule has 0 aliphatic carbocycles. The molecule has 1 aromatic carbocycles. The van der Waals surface area contributed by atoms with Crippen molar-refractivity contribution in [2.45, 2.75) is 205 Å². The van der Waals surface area contributed by atoms with Crippen LogP contribution in [0.1, 0.15) is 137 Å². The highest BCUT2D eigenvalue weighted by Crippen LogP contribution is 2.42. The third kappa shape index (κ3) is 14.7. The van der Waals surface area contributed by atoms with Crippen molar-refractivity contribution in [3.05, 3.63) is 47.3 Å². The van der Waals surface area contributed by atoms with Crippen molar-refractivity contribution in [1.29, 1.82) is 0 Å². The number of hydrogen-bond acceptors (Lipinski definition) is 16. The molecule has 5 rings (SSSR count). The number of aromatic nitrogens is 3. The first kappa shape index (κ1) is 61.4. The van der Waals surface area contributed by atoms with Crippen LogP contribution in [0, 0.1) is 23.7 Å². The minimum atomic E-state index is -1.96. The molecule has 0 spiro atoms. The largest absolute Gasteiger partial charge is 0.459 e. The van der Waals surface area contributed by atoms with Crippen LogP contribution in [0.5, 0.6) is 0 Å². The van der Waals surface area contributed by atoms with Gasteiger partial charge in [0.05, 0.1) is 59.8 Å². The molecule has 18 nitrogen and oxygen atoms in total. The van der Waals surface area contributed by atoms with Crippen molar-refractivity contribution in [2.75, 3.05) is 55.7 Å². The molecule has 0 radical (unpaired) electrons. The Kier molecular flexibility index (Phi) is 21.7. The molecule has 3 saturated heterocycles. The number of halogens is 1. The Morgan fingerprint density at radius 1 is 0.905 bits per heavy atom. The van der Waals surface area contributed by atoms with Crippen LogP contribution in [0.4, 0.5) is 4.39 Å². The maximum atomic E-state index is 14.9. The van der Waals surface area contributed by atoms with Crippen LogP contribution in [0.15, 0.2) is 30.5 Å². The lowest BCUT2D eigenvalue weighted by molar-refractivity contribution is -0.294. The predicted molar refractivity (Wildman–Crippen MR) is 275 cm³/mol. The number of nitrogens with zero attached hydrogens (tertiary/aromatic N) is 5. The summed E-state index contributed by atoms with van der Waals surface area (Å²) in [5, 5.41) is 32.2. The van der Waals surface area contributed by atoms with Crippen LogP contribution in [-0.2, 0) is 65.1 Å². The number of Topliss-reactive ketones (excluding diaryl/α,β-unsaturated/α-hetero) is 1. The van der Waals surface area contributed by atoms with Crippen LogP contribution >= 0.6 is 0 Å². The van der Waals surface area contributed by atoms with Gasteiger partial charge in [-0.1, -0.05) is 57.2 Å². The number of alkyl halides is 1. The second-order valence-corrected chi connectivity index (χ2v) is 22.6. The molecule has 3 fully saturated rings. The van der Waals surface area contributed by atoms with E-state index >= 15 is 0 Å². The third-order valence-electron chi connectivity index (χ3n) is 16.3. The Bertz CT molecular complexity index is 2110. The van der Waals surface area contributed by atoms with E-state index in [4.69, 9.17) is 37.9 Å². The van der Waals surface area contributed by atoms with Gasteiger partial charge in [-0.25, -0.2) is 9.07 Å². The summed E-state index contributed by atoms with van der Waals surface area (Å²) in [5.74, 6) is -4.24. The fourth-order valence-electron chi connectivity index (χ4n) is 11.5. The lowest BCUT2D eigenvalue weighted by Gasteiger charge is -2.48. The van der Waals surface area contributed by atoms with Gasteiger partial charge in [-0.15, -0.1) is 5.10 Å². The molecule has 3 aliphatic rings. The number of ketones is 1. The summed E-state index contributed by atoms with van der Waals surface area (Å²) in [7, 11) is 10.2. The molecule has 420 valence electrons. The van der Waals surface area contributed by atoms with Crippen molar-refractivity contribution in [3.8, 4) is 0 Å². The van der Waals surface area contributed by atoms with Crippen molar-refractivity contribution >= 4 is 17.7 Å². The number of ether oxygens (including phenoxy) is 8. The number of carbonyl (C=O) groups is 3. The topological polar surface area (TPSA) is 203 Å². The molecule has 19 heteroatoms. The van der Waals surface area contributed by atoms with Gasteiger partial charge in [0.25, 0.3) is 0 Å². The summed E-state index contributed by atoms with van der Waals surface area (Å²) in [4.78, 5) is 44.8. The normalized spacial score (nSPS) is 36.7. The number of likely N-dealkylation sites (N-methyl/N-ethyl adjacent to an activating group) is 2. The van der Waals surface area contributed by atoms with Gasteiger partial charge in [-0.3, -0.25) is 14.4 Å². The molecule has 3 aliphatic heterocycles. The molecule has 2 aromatic rings. The van der Waals surface area contributed by atoms with Gasteiger partial charge in [-0.05, 0) is 79.0 Å². The molecule has 0 bridgehead atoms. The fourth-order valence-corrected chi connectivity index (χ4v) is 11.5. The number of aliphatic hydroxyl groups excluding tert-OH is 1. The van der Waals surface area contributed by atoms with E-state index in [-0.39, 0.29) is 49.2 Å². The number of amides is 1. The number of carbonyl (C=O) groups excluding carboxylic acids is 3. The molecule has 4 heterocycles. The van der Waals surface area contributed by atoms with E-state index in [0.29, 0.717) is 44.3 Å². The molecule has 0 saturated carbocycles. The van der Waals surface area contributed by atoms with Gasteiger partial charge in [0.15, 0.2) is 12.6 Å². The van der Waals surface area contributed by atoms with Crippen LogP contribution < -0.4 is 0 Å². The Morgan fingerprint density at radius 3 is 2.16 bits per heavy atom. The van der Waals surface area contributed by atoms with Crippen molar-refractivity contribution in [1.82, 2.24) is 24.8 Å². The van der Waals surface area contributed by atoms with Crippen molar-refractivity contribution in [3.63, 3.8) is 0 Å². The van der Waals surface area contributed by atoms with E-state index in [9.17, 15) is 29.0 Å². The molecular weight excluding hydrogens is 958 g/mol. The van der Waals surface area contributed by atoms with Crippen molar-refractivity contribution < 1.29 is 66.9 Å². The summed E-state index contributed by atoms with van der Waals surface area (Å²) >= 11 is 0. The van der Waals surface area contributed by atoms with Gasteiger partial charge >= 0.3 is 5.97 Å². The number of rotatable bonds is 18. The quantitative estimate of drug-likeness (QED) is 0.159. The Balaban J connectivity index is 1.40. The van der Waals surface area contributed by atoms with Gasteiger partial charge < -0.3 is 57.9 Å². The third-order valence-corrected chi connectivity index (χ3v) is 16.3. The van der Waals surface area contributed by atoms with Crippen LogP contribution in [0.25, 0.3) is 0 Å². The molecular formula is C55H90FN5O13. The van der Waals surface area contributed by atoms with Gasteiger partial charge in [0.2, 0.25) is 5.91 Å². The molecule has 18 atom stereocenters. The van der Waals surface area contributed by atoms with E-state index in [2.05, 4.69) is 15.2 Å². The number of benzene rings is 1. The minimum Gasteiger partial charge on any atom is -0.459 e. The van der Waals surface area contributed by atoms with E-state index in [1.165, 1.54) is 18.7 Å². The van der Waals surface area contributed by atoms with Crippen molar-refractivity contribution in [2.24, 2.45) is 23.7 Å². The van der Waals surface area contributed by atoms with E-state index in [1.54, 1.807) is 67.1 Å². The first-order chi connectivity index (χ1) is 34.7. The second-order valence-electron chi connectivity index (χ2n) is 22.6. The lowest BCUT2D eigenvalue weighted by Crippen LogP contribution is -2.59. The molecule has 74 heavy (non-hydrogen) atoms. The highest BCUT2D eigenvalue weighted by molar-refractivity contribution is 5.83. The molecule has 1 amide bonds.